The quantitative estimate of drug-likeness (QED) is 0.734. The van der Waals surface area contributed by atoms with E-state index in [1.165, 1.54) is 44.9 Å². The Labute approximate surface area is 174 Å². The minimum Gasteiger partial charge on any atom is -0.378 e. The molecule has 0 saturated carbocycles. The van der Waals surface area contributed by atoms with Crippen molar-refractivity contribution in [2.45, 2.75) is 51.9 Å². The van der Waals surface area contributed by atoms with E-state index in [1.54, 1.807) is 6.92 Å². The van der Waals surface area contributed by atoms with Crippen LogP contribution < -0.4 is 20.1 Å². The minimum absolute atomic E-state index is 0.0387. The van der Waals surface area contributed by atoms with Crippen LogP contribution in [0.15, 0.2) is 30.3 Å². The molecule has 1 heterocycles. The predicted molar refractivity (Wildman–Crippen MR) is 121 cm³/mol. The second-order valence-corrected chi connectivity index (χ2v) is 9.40. The van der Waals surface area contributed by atoms with Crippen molar-refractivity contribution in [1.29, 1.82) is 0 Å². The molecule has 0 unspecified atom stereocenters. The molecule has 4 rings (SSSR count). The molecule has 2 aromatic carbocycles. The molecule has 29 heavy (non-hydrogen) atoms. The van der Waals surface area contributed by atoms with Crippen molar-refractivity contribution >= 4 is 17.5 Å². The molecule has 0 spiro atoms. The molecule has 0 aromatic heterocycles. The number of aryl methyl sites for hydroxylation is 1. The first-order valence-corrected chi connectivity index (χ1v) is 10.9. The van der Waals surface area contributed by atoms with Gasteiger partial charge in [-0.1, -0.05) is 19.9 Å². The van der Waals surface area contributed by atoms with E-state index in [1.807, 2.05) is 0 Å². The maximum absolute atomic E-state index is 11.4. The largest absolute Gasteiger partial charge is 0.378 e. The number of anilines is 1. The number of hydrogen-bond donors (Lipinski definition) is 0. The summed E-state index contributed by atoms with van der Waals surface area (Å²) in [7, 11) is 4.20. The van der Waals surface area contributed by atoms with Gasteiger partial charge in [0.15, 0.2) is 0 Å². The maximum atomic E-state index is 11.4. The molecule has 3 heteroatoms. The van der Waals surface area contributed by atoms with E-state index in [-0.39, 0.29) is 11.2 Å². The summed E-state index contributed by atoms with van der Waals surface area (Å²) in [4.78, 5) is 13.5. The lowest BCUT2D eigenvalue weighted by molar-refractivity contribution is -0.117. The van der Waals surface area contributed by atoms with Crippen molar-refractivity contribution < 1.29 is 4.79 Å². The summed E-state index contributed by atoms with van der Waals surface area (Å²) in [5.41, 5.74) is 6.81. The van der Waals surface area contributed by atoms with Gasteiger partial charge in [0.25, 0.3) is 0 Å². The van der Waals surface area contributed by atoms with Gasteiger partial charge in [-0.2, -0.15) is 0 Å². The van der Waals surface area contributed by atoms with Crippen LogP contribution in [0.3, 0.4) is 0 Å². The smallest absolute Gasteiger partial charge is 0.203 e. The van der Waals surface area contributed by atoms with Crippen molar-refractivity contribution in [3.63, 3.8) is 0 Å². The van der Waals surface area contributed by atoms with Crippen molar-refractivity contribution in [1.82, 2.24) is 4.58 Å². The molecule has 0 N–H and O–H groups in total. The lowest BCUT2D eigenvalue weighted by Gasteiger charge is -2.33. The fraction of sp³-hybridized carbons (Fsp3) is 0.462. The number of fused-ring (bicyclic) bond motifs is 3. The molecule has 152 valence electrons. The van der Waals surface area contributed by atoms with Crippen LogP contribution in [-0.2, 0) is 16.6 Å². The SMILES string of the molecule is CC(=O)CCC[N+]1=c2cc3c(cc2CCC1)=Cc1ccc(N(C)C)cc1C3(C)C. The van der Waals surface area contributed by atoms with E-state index in [4.69, 9.17) is 0 Å². The number of ketones is 1. The van der Waals surface area contributed by atoms with Gasteiger partial charge in [0.05, 0.1) is 0 Å². The monoisotopic (exact) mass is 389 g/mol. The number of Topliss-reactive ketones (excluding diaryl/α,β-unsaturated/α-hetero) is 1. The molecule has 0 bridgehead atoms. The number of benzene rings is 2. The van der Waals surface area contributed by atoms with Crippen LogP contribution >= 0.6 is 0 Å². The average molecular weight is 390 g/mol. The third-order valence-electron chi connectivity index (χ3n) is 6.63. The Morgan fingerprint density at radius 2 is 1.93 bits per heavy atom. The molecule has 0 saturated heterocycles. The number of hydrogen-bond acceptors (Lipinski definition) is 2. The van der Waals surface area contributed by atoms with E-state index in [0.29, 0.717) is 6.42 Å². The predicted octanol–water partition coefficient (Wildman–Crippen LogP) is 3.03. The molecule has 0 atom stereocenters. The number of nitrogens with zero attached hydrogens (tertiary/aromatic N) is 2. The number of carbonyl (C=O) groups excluding carboxylic acids is 1. The highest BCUT2D eigenvalue weighted by Gasteiger charge is 2.31. The Morgan fingerprint density at radius 3 is 2.66 bits per heavy atom. The molecular weight excluding hydrogens is 356 g/mol. The van der Waals surface area contributed by atoms with E-state index in [0.717, 1.165) is 25.9 Å². The van der Waals surface area contributed by atoms with E-state index in [9.17, 15) is 4.79 Å². The minimum atomic E-state index is -0.0387. The molecule has 0 fully saturated rings. The van der Waals surface area contributed by atoms with Crippen molar-refractivity contribution in [2.75, 3.05) is 32.1 Å². The molecule has 3 nitrogen and oxygen atoms in total. The number of rotatable bonds is 5. The summed E-state index contributed by atoms with van der Waals surface area (Å²) >= 11 is 0. The fourth-order valence-electron chi connectivity index (χ4n) is 4.94. The standard InChI is InChI=1S/C26H33N2O/c1-18(29)8-6-12-28-13-7-9-20-15-21-14-19-10-11-22(27(4)5)16-23(19)26(2,3)24(21)17-25(20)28/h10-11,14-17H,6-9,12-13H2,1-5H3/q+1. The Kier molecular flexibility index (Phi) is 5.10. The van der Waals surface area contributed by atoms with Gasteiger partial charge in [0, 0.05) is 56.1 Å². The number of carbonyl (C=O) groups is 1. The van der Waals surface area contributed by atoms with Crippen LogP contribution in [0, 0.1) is 0 Å². The molecule has 0 amide bonds. The van der Waals surface area contributed by atoms with Crippen molar-refractivity contribution in [3.8, 4) is 0 Å². The Bertz CT molecular complexity index is 1090. The maximum Gasteiger partial charge on any atom is 0.203 e. The van der Waals surface area contributed by atoms with E-state index < -0.39 is 0 Å². The lowest BCUT2D eigenvalue weighted by atomic mass is 9.71. The van der Waals surface area contributed by atoms with E-state index in [2.05, 4.69) is 73.8 Å². The fourth-order valence-corrected chi connectivity index (χ4v) is 4.94. The topological polar surface area (TPSA) is 23.3 Å². The summed E-state index contributed by atoms with van der Waals surface area (Å²) in [6, 6.07) is 11.7. The molecule has 1 aliphatic carbocycles. The van der Waals surface area contributed by atoms with Crippen LogP contribution in [0.2, 0.25) is 0 Å². The van der Waals surface area contributed by atoms with Gasteiger partial charge in [0.1, 0.15) is 18.9 Å². The van der Waals surface area contributed by atoms with Gasteiger partial charge in [-0.25, -0.2) is 4.58 Å². The van der Waals surface area contributed by atoms with Gasteiger partial charge in [-0.15, -0.1) is 0 Å². The van der Waals surface area contributed by atoms with Crippen LogP contribution in [-0.4, -0.2) is 33.0 Å². The third-order valence-corrected chi connectivity index (χ3v) is 6.63. The van der Waals surface area contributed by atoms with Crippen LogP contribution in [0.5, 0.6) is 0 Å². The second kappa shape index (κ2) is 7.44. The molecule has 2 aromatic rings. The van der Waals surface area contributed by atoms with Gasteiger partial charge in [-0.05, 0) is 59.5 Å². The average Bonchev–Trinajstić information content (AvgIpc) is 2.66. The first kappa shape index (κ1) is 19.9. The zero-order valence-electron chi connectivity index (χ0n) is 18.5. The zero-order valence-corrected chi connectivity index (χ0v) is 18.5. The Hall–Kier alpha value is -2.42. The molecule has 0 radical (unpaired) electrons. The first-order valence-electron chi connectivity index (χ1n) is 10.9. The summed E-state index contributed by atoms with van der Waals surface area (Å²) in [5.74, 6) is 0.289. The summed E-state index contributed by atoms with van der Waals surface area (Å²) in [6.45, 7) is 8.46. The lowest BCUT2D eigenvalue weighted by Crippen LogP contribution is -2.42. The van der Waals surface area contributed by atoms with E-state index >= 15 is 0 Å². The normalized spacial score (nSPS) is 16.4. The summed E-state index contributed by atoms with van der Waals surface area (Å²) < 4.78 is 2.50. The third kappa shape index (κ3) is 3.63. The zero-order chi connectivity index (χ0) is 20.8. The van der Waals surface area contributed by atoms with Gasteiger partial charge in [0.2, 0.25) is 5.36 Å². The summed E-state index contributed by atoms with van der Waals surface area (Å²) in [5, 5.41) is 2.75. The first-order chi connectivity index (χ1) is 13.8. The molecule has 1 aliphatic heterocycles. The summed E-state index contributed by atoms with van der Waals surface area (Å²) in [6.07, 6.45) is 6.32. The van der Waals surface area contributed by atoms with Gasteiger partial charge < -0.3 is 9.69 Å². The highest BCUT2D eigenvalue weighted by Crippen LogP contribution is 2.36. The highest BCUT2D eigenvalue weighted by molar-refractivity contribution is 5.75. The van der Waals surface area contributed by atoms with Crippen LogP contribution in [0.1, 0.15) is 62.3 Å². The Morgan fingerprint density at radius 1 is 1.14 bits per heavy atom. The van der Waals surface area contributed by atoms with Crippen molar-refractivity contribution in [3.05, 3.63) is 63.2 Å². The van der Waals surface area contributed by atoms with Crippen LogP contribution in [0.4, 0.5) is 5.69 Å². The molecular formula is C26H33N2O+. The van der Waals surface area contributed by atoms with Crippen LogP contribution in [0.25, 0.3) is 6.08 Å². The van der Waals surface area contributed by atoms with Crippen molar-refractivity contribution in [2.24, 2.45) is 0 Å². The molecule has 2 aliphatic rings. The highest BCUT2D eigenvalue weighted by atomic mass is 16.1. The van der Waals surface area contributed by atoms with Gasteiger partial charge >= 0.3 is 0 Å². The second-order valence-electron chi connectivity index (χ2n) is 9.40. The van der Waals surface area contributed by atoms with Gasteiger partial charge in [-0.3, -0.25) is 0 Å². The Balaban J connectivity index is 1.86.